The van der Waals surface area contributed by atoms with Crippen molar-refractivity contribution in [2.45, 2.75) is 44.9 Å². The fourth-order valence-electron chi connectivity index (χ4n) is 3.99. The zero-order valence-electron chi connectivity index (χ0n) is 14.7. The molecule has 1 atom stereocenters. The number of carbonyl (C=O) groups excluding carboxylic acids is 1. The fraction of sp³-hybridized carbons (Fsp3) is 0.409. The van der Waals surface area contributed by atoms with Crippen LogP contribution in [0, 0.1) is 5.92 Å². The first-order valence-electron chi connectivity index (χ1n) is 9.14. The highest BCUT2D eigenvalue weighted by molar-refractivity contribution is 5.77. The Morgan fingerprint density at radius 3 is 2.08 bits per heavy atom. The predicted octanol–water partition coefficient (Wildman–Crippen LogP) is 5.69. The summed E-state index contributed by atoms with van der Waals surface area (Å²) >= 11 is 0. The Bertz CT molecular complexity index is 646. The van der Waals surface area contributed by atoms with Gasteiger partial charge in [0.25, 0.3) is 0 Å². The third-order valence-electron chi connectivity index (χ3n) is 5.26. The molecule has 2 nitrogen and oxygen atoms in total. The maximum Gasteiger partial charge on any atom is 0.124 e. The van der Waals surface area contributed by atoms with Gasteiger partial charge >= 0.3 is 0 Å². The molecule has 0 unspecified atom stereocenters. The molecule has 2 aromatic rings. The van der Waals surface area contributed by atoms with Crippen molar-refractivity contribution in [3.63, 3.8) is 0 Å². The average Bonchev–Trinajstić information content (AvgIpc) is 2.63. The molecule has 126 valence electrons. The topological polar surface area (TPSA) is 20.3 Å². The summed E-state index contributed by atoms with van der Waals surface area (Å²) in [5, 5.41) is 0. The third-order valence-corrected chi connectivity index (χ3v) is 5.26. The van der Waals surface area contributed by atoms with Crippen LogP contribution in [-0.4, -0.2) is 13.3 Å². The molecule has 1 aliphatic rings. The number of carbonyl (C=O) groups is 1. The summed E-state index contributed by atoms with van der Waals surface area (Å²) in [5.74, 6) is 0.227. The Morgan fingerprint density at radius 1 is 0.958 bits per heavy atom. The number of para-hydroxylation sites is 2. The maximum absolute atomic E-state index is 12.0. The van der Waals surface area contributed by atoms with E-state index in [1.807, 2.05) is 0 Å². The molecule has 0 bridgehead atoms. The minimum Gasteiger partial charge on any atom is -0.344 e. The van der Waals surface area contributed by atoms with Crippen molar-refractivity contribution in [2.75, 3.05) is 11.9 Å². The van der Waals surface area contributed by atoms with Crippen LogP contribution in [0.1, 0.15) is 56.1 Å². The van der Waals surface area contributed by atoms with Gasteiger partial charge in [-0.15, -0.1) is 0 Å². The molecule has 2 heteroatoms. The molecule has 0 saturated heterocycles. The summed E-state index contributed by atoms with van der Waals surface area (Å²) in [7, 11) is 2.12. The monoisotopic (exact) mass is 321 g/mol. The number of aldehydes is 1. The molecule has 0 saturated carbocycles. The highest BCUT2D eigenvalue weighted by Crippen LogP contribution is 2.48. The van der Waals surface area contributed by atoms with Gasteiger partial charge in [0.15, 0.2) is 0 Å². The molecule has 2 aromatic carbocycles. The second kappa shape index (κ2) is 7.65. The third kappa shape index (κ3) is 3.10. The Hall–Kier alpha value is -2.09. The molecule has 0 radical (unpaired) electrons. The molecule has 3 rings (SSSR count). The van der Waals surface area contributed by atoms with Gasteiger partial charge in [-0.1, -0.05) is 69.0 Å². The van der Waals surface area contributed by atoms with Crippen LogP contribution in [-0.2, 0) is 4.79 Å². The number of unbranched alkanes of at least 4 members (excludes halogenated alkanes) is 3. The number of nitrogens with zero attached hydrogens (tertiary/aromatic N) is 1. The first-order chi connectivity index (χ1) is 11.8. The van der Waals surface area contributed by atoms with Crippen LogP contribution in [0.3, 0.4) is 0 Å². The summed E-state index contributed by atoms with van der Waals surface area (Å²) in [6.45, 7) is 2.22. The summed E-state index contributed by atoms with van der Waals surface area (Å²) in [5.41, 5.74) is 5.01. The number of benzene rings is 2. The lowest BCUT2D eigenvalue weighted by Gasteiger charge is -2.37. The summed E-state index contributed by atoms with van der Waals surface area (Å²) < 4.78 is 0. The van der Waals surface area contributed by atoms with E-state index in [1.165, 1.54) is 48.1 Å². The van der Waals surface area contributed by atoms with Gasteiger partial charge in [-0.3, -0.25) is 0 Å². The smallest absolute Gasteiger partial charge is 0.124 e. The van der Waals surface area contributed by atoms with E-state index in [9.17, 15) is 4.79 Å². The first kappa shape index (κ1) is 16.8. The number of anilines is 2. The molecule has 0 N–H and O–H groups in total. The van der Waals surface area contributed by atoms with Crippen molar-refractivity contribution in [2.24, 2.45) is 5.92 Å². The first-order valence-corrected chi connectivity index (χ1v) is 9.14. The molecule has 24 heavy (non-hydrogen) atoms. The molecule has 0 spiro atoms. The Balaban J connectivity index is 1.97. The zero-order valence-corrected chi connectivity index (χ0v) is 14.7. The van der Waals surface area contributed by atoms with Crippen molar-refractivity contribution in [1.82, 2.24) is 0 Å². The van der Waals surface area contributed by atoms with Crippen molar-refractivity contribution < 1.29 is 4.79 Å². The number of fused-ring (bicyclic) bond motifs is 2. The Kier molecular flexibility index (Phi) is 5.34. The van der Waals surface area contributed by atoms with Crippen LogP contribution in [0.5, 0.6) is 0 Å². The van der Waals surface area contributed by atoms with Gasteiger partial charge in [0.2, 0.25) is 0 Å². The van der Waals surface area contributed by atoms with Crippen LogP contribution in [0.25, 0.3) is 0 Å². The minimum atomic E-state index is 0.0536. The molecule has 0 amide bonds. The van der Waals surface area contributed by atoms with Gasteiger partial charge in [-0.05, 0) is 29.7 Å². The number of hydrogen-bond donors (Lipinski definition) is 0. The van der Waals surface area contributed by atoms with Gasteiger partial charge in [-0.2, -0.15) is 0 Å². The van der Waals surface area contributed by atoms with E-state index in [0.29, 0.717) is 0 Å². The van der Waals surface area contributed by atoms with Crippen molar-refractivity contribution in [3.05, 3.63) is 59.7 Å². The van der Waals surface area contributed by atoms with E-state index in [-0.39, 0.29) is 11.8 Å². The number of rotatable bonds is 7. The van der Waals surface area contributed by atoms with Gasteiger partial charge < -0.3 is 9.69 Å². The van der Waals surface area contributed by atoms with Gasteiger partial charge in [0, 0.05) is 30.3 Å². The van der Waals surface area contributed by atoms with Crippen molar-refractivity contribution >= 4 is 17.7 Å². The van der Waals surface area contributed by atoms with Crippen LogP contribution in [0.2, 0.25) is 0 Å². The van der Waals surface area contributed by atoms with Crippen LogP contribution < -0.4 is 4.90 Å². The summed E-state index contributed by atoms with van der Waals surface area (Å²) in [6.07, 6.45) is 7.00. The van der Waals surface area contributed by atoms with E-state index in [2.05, 4.69) is 67.4 Å². The Morgan fingerprint density at radius 2 is 1.54 bits per heavy atom. The van der Waals surface area contributed by atoms with Crippen LogP contribution in [0.4, 0.5) is 11.4 Å². The van der Waals surface area contributed by atoms with Crippen molar-refractivity contribution in [3.8, 4) is 0 Å². The van der Waals surface area contributed by atoms with Crippen LogP contribution in [0.15, 0.2) is 48.5 Å². The fourth-order valence-corrected chi connectivity index (χ4v) is 3.99. The quantitative estimate of drug-likeness (QED) is 0.482. The lowest BCUT2D eigenvalue weighted by molar-refractivity contribution is -0.111. The zero-order chi connectivity index (χ0) is 16.9. The molecule has 1 heterocycles. The van der Waals surface area contributed by atoms with E-state index in [4.69, 9.17) is 0 Å². The van der Waals surface area contributed by atoms with E-state index < -0.39 is 0 Å². The van der Waals surface area contributed by atoms with Gasteiger partial charge in [0.1, 0.15) is 6.29 Å². The molecule has 0 aliphatic carbocycles. The second-order valence-electron chi connectivity index (χ2n) is 6.80. The highest BCUT2D eigenvalue weighted by atomic mass is 16.1. The largest absolute Gasteiger partial charge is 0.344 e. The maximum atomic E-state index is 12.0. The van der Waals surface area contributed by atoms with E-state index in [0.717, 1.165) is 12.8 Å². The summed E-state index contributed by atoms with van der Waals surface area (Å²) in [6, 6.07) is 17.0. The molecular formula is C22H27NO. The van der Waals surface area contributed by atoms with Crippen LogP contribution >= 0.6 is 0 Å². The minimum absolute atomic E-state index is 0.0536. The van der Waals surface area contributed by atoms with Gasteiger partial charge in [0.05, 0.1) is 0 Å². The molecule has 0 aromatic heterocycles. The lowest BCUT2D eigenvalue weighted by Crippen LogP contribution is -2.26. The van der Waals surface area contributed by atoms with Gasteiger partial charge in [-0.25, -0.2) is 0 Å². The van der Waals surface area contributed by atoms with E-state index in [1.54, 1.807) is 0 Å². The SMILES string of the molecule is CCCCCC[C@@H](C=O)C1c2ccccc2N(C)c2ccccc21. The number of hydrogen-bond acceptors (Lipinski definition) is 2. The lowest BCUT2D eigenvalue weighted by atomic mass is 9.75. The average molecular weight is 321 g/mol. The van der Waals surface area contributed by atoms with Crippen molar-refractivity contribution in [1.29, 1.82) is 0 Å². The highest BCUT2D eigenvalue weighted by Gasteiger charge is 2.33. The molecular weight excluding hydrogens is 294 g/mol. The normalized spacial score (nSPS) is 14.8. The summed E-state index contributed by atoms with van der Waals surface area (Å²) in [4.78, 5) is 14.2. The van der Waals surface area contributed by atoms with E-state index >= 15 is 0 Å². The standard InChI is InChI=1S/C22H27NO/c1-3-4-5-6-11-17(16-24)22-18-12-7-9-14-20(18)23(2)21-15-10-8-13-19(21)22/h7-10,12-17,22H,3-6,11H2,1-2H3/t17-/m0/s1. The molecule has 0 fully saturated rings. The predicted molar refractivity (Wildman–Crippen MR) is 101 cm³/mol. The molecule has 1 aliphatic heterocycles. The second-order valence-corrected chi connectivity index (χ2v) is 6.80. The Labute approximate surface area is 145 Å².